The predicted octanol–water partition coefficient (Wildman–Crippen LogP) is 1.59. The fourth-order valence-corrected chi connectivity index (χ4v) is 2.14. The van der Waals surface area contributed by atoms with Crippen molar-refractivity contribution in [3.05, 3.63) is 33.2 Å². The zero-order valence-corrected chi connectivity index (χ0v) is 13.0. The molecule has 1 aromatic rings. The lowest BCUT2D eigenvalue weighted by Crippen LogP contribution is -2.31. The second-order valence-corrected chi connectivity index (χ2v) is 4.89. The van der Waals surface area contributed by atoms with Crippen LogP contribution in [0.2, 0.25) is 0 Å². The molecule has 0 aliphatic heterocycles. The zero-order chi connectivity index (χ0) is 15.3. The average Bonchev–Trinajstić information content (AvgIpc) is 2.37. The predicted molar refractivity (Wildman–Crippen MR) is 79.3 cm³/mol. The topological polar surface area (TPSA) is 51.5 Å². The standard InChI is InChI=1S/C15H24N2O3/c1-6-16(5)8-9-17-12(4)14(15(19)20-7-2)11(3)10-13(17)18/h10H,6-9H2,1-5H3. The van der Waals surface area contributed by atoms with E-state index in [4.69, 9.17) is 4.74 Å². The Kier molecular flexibility index (Phi) is 5.95. The normalized spacial score (nSPS) is 10.9. The summed E-state index contributed by atoms with van der Waals surface area (Å²) in [4.78, 5) is 26.2. The second kappa shape index (κ2) is 7.24. The molecule has 5 nitrogen and oxygen atoms in total. The van der Waals surface area contributed by atoms with Crippen LogP contribution in [-0.4, -0.2) is 42.2 Å². The Morgan fingerprint density at radius 1 is 1.35 bits per heavy atom. The van der Waals surface area contributed by atoms with Crippen molar-refractivity contribution in [2.45, 2.75) is 34.2 Å². The molecule has 0 saturated carbocycles. The van der Waals surface area contributed by atoms with E-state index in [0.717, 1.165) is 13.1 Å². The molecule has 0 aliphatic carbocycles. The molecule has 0 atom stereocenters. The first kappa shape index (κ1) is 16.4. The molecular formula is C15H24N2O3. The molecule has 112 valence electrons. The van der Waals surface area contributed by atoms with Crippen LogP contribution in [0.3, 0.4) is 0 Å². The molecule has 0 amide bonds. The SMILES string of the molecule is CCOC(=O)c1c(C)cc(=O)n(CCN(C)CC)c1C. The third-order valence-corrected chi connectivity index (χ3v) is 3.49. The molecule has 20 heavy (non-hydrogen) atoms. The van der Waals surface area contributed by atoms with Crippen molar-refractivity contribution in [3.63, 3.8) is 0 Å². The number of nitrogens with zero attached hydrogens (tertiary/aromatic N) is 2. The summed E-state index contributed by atoms with van der Waals surface area (Å²) in [6, 6.07) is 1.51. The molecule has 5 heteroatoms. The van der Waals surface area contributed by atoms with Crippen LogP contribution in [0.4, 0.5) is 0 Å². The number of aromatic nitrogens is 1. The highest BCUT2D eigenvalue weighted by Crippen LogP contribution is 2.13. The van der Waals surface area contributed by atoms with Crippen LogP contribution in [-0.2, 0) is 11.3 Å². The van der Waals surface area contributed by atoms with E-state index in [1.807, 2.05) is 7.05 Å². The van der Waals surface area contributed by atoms with Crippen LogP contribution >= 0.6 is 0 Å². The Bertz CT molecular complexity index is 535. The summed E-state index contributed by atoms with van der Waals surface area (Å²) in [7, 11) is 2.00. The number of hydrogen-bond acceptors (Lipinski definition) is 4. The number of pyridine rings is 1. The lowest BCUT2D eigenvalue weighted by atomic mass is 10.1. The van der Waals surface area contributed by atoms with Gasteiger partial charge in [-0.2, -0.15) is 0 Å². The van der Waals surface area contributed by atoms with Gasteiger partial charge >= 0.3 is 5.97 Å². The Morgan fingerprint density at radius 3 is 2.55 bits per heavy atom. The number of ether oxygens (including phenoxy) is 1. The molecule has 0 aliphatic rings. The highest BCUT2D eigenvalue weighted by Gasteiger charge is 2.17. The van der Waals surface area contributed by atoms with E-state index in [1.165, 1.54) is 6.07 Å². The summed E-state index contributed by atoms with van der Waals surface area (Å²) in [5.74, 6) is -0.361. The summed E-state index contributed by atoms with van der Waals surface area (Å²) in [5.41, 5.74) is 1.78. The quantitative estimate of drug-likeness (QED) is 0.743. The number of carbonyl (C=O) groups is 1. The summed E-state index contributed by atoms with van der Waals surface area (Å²) >= 11 is 0. The van der Waals surface area contributed by atoms with E-state index >= 15 is 0 Å². The minimum Gasteiger partial charge on any atom is -0.462 e. The van der Waals surface area contributed by atoms with Gasteiger partial charge in [-0.25, -0.2) is 4.79 Å². The third kappa shape index (κ3) is 3.70. The summed E-state index contributed by atoms with van der Waals surface area (Å²) in [6.07, 6.45) is 0. The number of rotatable bonds is 6. The van der Waals surface area contributed by atoms with Gasteiger partial charge in [0.05, 0.1) is 12.2 Å². The molecule has 0 unspecified atom stereocenters. The van der Waals surface area contributed by atoms with E-state index in [-0.39, 0.29) is 11.5 Å². The Balaban J connectivity index is 3.15. The molecule has 1 heterocycles. The highest BCUT2D eigenvalue weighted by molar-refractivity contribution is 5.92. The van der Waals surface area contributed by atoms with Gasteiger partial charge in [0.25, 0.3) is 5.56 Å². The van der Waals surface area contributed by atoms with Crippen LogP contribution in [0.25, 0.3) is 0 Å². The first-order chi connectivity index (χ1) is 9.42. The van der Waals surface area contributed by atoms with Gasteiger partial charge in [0.1, 0.15) is 0 Å². The first-order valence-corrected chi connectivity index (χ1v) is 6.99. The Morgan fingerprint density at radius 2 is 2.00 bits per heavy atom. The fraction of sp³-hybridized carbons (Fsp3) is 0.600. The van der Waals surface area contributed by atoms with Gasteiger partial charge in [0.15, 0.2) is 0 Å². The van der Waals surface area contributed by atoms with Crippen molar-refractivity contribution in [2.24, 2.45) is 0 Å². The van der Waals surface area contributed by atoms with E-state index in [1.54, 1.807) is 25.3 Å². The van der Waals surface area contributed by atoms with E-state index in [2.05, 4.69) is 11.8 Å². The average molecular weight is 280 g/mol. The molecular weight excluding hydrogens is 256 g/mol. The molecule has 0 fully saturated rings. The number of aryl methyl sites for hydroxylation is 1. The molecule has 0 bridgehead atoms. The van der Waals surface area contributed by atoms with Crippen molar-refractivity contribution in [1.29, 1.82) is 0 Å². The number of carbonyl (C=O) groups excluding carboxylic acids is 1. The molecule has 0 N–H and O–H groups in total. The van der Waals surface area contributed by atoms with Gasteiger partial charge in [-0.1, -0.05) is 6.92 Å². The van der Waals surface area contributed by atoms with Crippen molar-refractivity contribution in [1.82, 2.24) is 9.47 Å². The van der Waals surface area contributed by atoms with E-state index in [0.29, 0.717) is 30.0 Å². The molecule has 0 saturated heterocycles. The Labute approximate surface area is 120 Å². The number of esters is 1. The van der Waals surface area contributed by atoms with Crippen LogP contribution < -0.4 is 5.56 Å². The van der Waals surface area contributed by atoms with E-state index in [9.17, 15) is 9.59 Å². The maximum absolute atomic E-state index is 12.1. The second-order valence-electron chi connectivity index (χ2n) is 4.89. The highest BCUT2D eigenvalue weighted by atomic mass is 16.5. The summed E-state index contributed by atoms with van der Waals surface area (Å²) < 4.78 is 6.71. The lowest BCUT2D eigenvalue weighted by Gasteiger charge is -2.18. The number of hydrogen-bond donors (Lipinski definition) is 0. The van der Waals surface area contributed by atoms with Crippen LogP contribution in [0.5, 0.6) is 0 Å². The largest absolute Gasteiger partial charge is 0.462 e. The monoisotopic (exact) mass is 280 g/mol. The first-order valence-electron chi connectivity index (χ1n) is 6.99. The molecule has 1 aromatic heterocycles. The lowest BCUT2D eigenvalue weighted by molar-refractivity contribution is 0.0523. The molecule has 0 spiro atoms. The maximum Gasteiger partial charge on any atom is 0.340 e. The van der Waals surface area contributed by atoms with Gasteiger partial charge in [-0.15, -0.1) is 0 Å². The molecule has 1 rings (SSSR count). The van der Waals surface area contributed by atoms with Crippen LogP contribution in [0, 0.1) is 13.8 Å². The minimum atomic E-state index is -0.361. The van der Waals surface area contributed by atoms with E-state index < -0.39 is 0 Å². The van der Waals surface area contributed by atoms with Crippen LogP contribution in [0.15, 0.2) is 10.9 Å². The third-order valence-electron chi connectivity index (χ3n) is 3.49. The van der Waals surface area contributed by atoms with Crippen molar-refractivity contribution < 1.29 is 9.53 Å². The Hall–Kier alpha value is -1.62. The molecule has 0 radical (unpaired) electrons. The maximum atomic E-state index is 12.1. The summed E-state index contributed by atoms with van der Waals surface area (Å²) in [5, 5.41) is 0. The van der Waals surface area contributed by atoms with Gasteiger partial charge in [0.2, 0.25) is 0 Å². The fourth-order valence-electron chi connectivity index (χ4n) is 2.14. The smallest absolute Gasteiger partial charge is 0.340 e. The van der Waals surface area contributed by atoms with Crippen molar-refractivity contribution in [2.75, 3.05) is 26.7 Å². The summed E-state index contributed by atoms with van der Waals surface area (Å²) in [6.45, 7) is 9.99. The van der Waals surface area contributed by atoms with Gasteiger partial charge in [-0.3, -0.25) is 4.79 Å². The van der Waals surface area contributed by atoms with Crippen molar-refractivity contribution in [3.8, 4) is 0 Å². The van der Waals surface area contributed by atoms with Gasteiger partial charge < -0.3 is 14.2 Å². The molecule has 0 aromatic carbocycles. The zero-order valence-electron chi connectivity index (χ0n) is 13.0. The van der Waals surface area contributed by atoms with Crippen molar-refractivity contribution >= 4 is 5.97 Å². The van der Waals surface area contributed by atoms with Gasteiger partial charge in [0, 0.05) is 24.8 Å². The van der Waals surface area contributed by atoms with Gasteiger partial charge in [-0.05, 0) is 39.9 Å². The number of likely N-dealkylation sites (N-methyl/N-ethyl adjacent to an activating group) is 1. The minimum absolute atomic E-state index is 0.0717. The van der Waals surface area contributed by atoms with Crippen LogP contribution in [0.1, 0.15) is 35.5 Å².